The van der Waals surface area contributed by atoms with E-state index in [9.17, 15) is 14.4 Å². The zero-order chi connectivity index (χ0) is 14.8. The van der Waals surface area contributed by atoms with Crippen LogP contribution < -0.4 is 16.4 Å². The van der Waals surface area contributed by atoms with E-state index in [0.717, 1.165) is 12.8 Å². The van der Waals surface area contributed by atoms with Gasteiger partial charge in [-0.2, -0.15) is 0 Å². The van der Waals surface area contributed by atoms with Gasteiger partial charge in [0.15, 0.2) is 0 Å². The predicted octanol–water partition coefficient (Wildman–Crippen LogP) is -0.438. The van der Waals surface area contributed by atoms with Crippen LogP contribution in [0.15, 0.2) is 0 Å². The van der Waals surface area contributed by atoms with Crippen molar-refractivity contribution in [1.29, 1.82) is 0 Å². The van der Waals surface area contributed by atoms with Crippen molar-refractivity contribution >= 4 is 17.8 Å². The van der Waals surface area contributed by atoms with Crippen LogP contribution in [0.2, 0.25) is 0 Å². The largest absolute Gasteiger partial charge is 0.340 e. The molecule has 2 rings (SSSR count). The molecule has 0 saturated carbocycles. The Morgan fingerprint density at radius 1 is 1.50 bits per heavy atom. The molecule has 2 aliphatic heterocycles. The number of carbonyl (C=O) groups excluding carboxylic acids is 3. The van der Waals surface area contributed by atoms with E-state index < -0.39 is 11.6 Å². The molecule has 4 N–H and O–H groups in total. The van der Waals surface area contributed by atoms with Crippen molar-refractivity contribution in [3.05, 3.63) is 0 Å². The molecule has 20 heavy (non-hydrogen) atoms. The Morgan fingerprint density at radius 2 is 2.25 bits per heavy atom. The second-order valence-electron chi connectivity index (χ2n) is 5.58. The molecule has 0 aromatic carbocycles. The summed E-state index contributed by atoms with van der Waals surface area (Å²) in [6, 6.07) is -0.478. The molecule has 2 atom stereocenters. The number of carbonyl (C=O) groups is 3. The first-order chi connectivity index (χ1) is 9.52. The van der Waals surface area contributed by atoms with Crippen molar-refractivity contribution in [1.82, 2.24) is 15.5 Å². The molecule has 4 amide bonds. The smallest absolute Gasteiger partial charge is 0.322 e. The van der Waals surface area contributed by atoms with E-state index in [-0.39, 0.29) is 24.3 Å². The summed E-state index contributed by atoms with van der Waals surface area (Å²) in [6.07, 6.45) is 2.90. The first-order valence-electron chi connectivity index (χ1n) is 7.15. The van der Waals surface area contributed by atoms with Crippen LogP contribution >= 0.6 is 0 Å². The molecule has 0 aromatic rings. The molecule has 0 aromatic heterocycles. The molecular weight excluding hydrogens is 260 g/mol. The van der Waals surface area contributed by atoms with Gasteiger partial charge in [-0.1, -0.05) is 13.3 Å². The van der Waals surface area contributed by atoms with Crippen LogP contribution in [0, 0.1) is 5.92 Å². The number of hydrogen-bond acceptors (Lipinski definition) is 4. The number of hydrogen-bond donors (Lipinski definition) is 3. The minimum Gasteiger partial charge on any atom is -0.340 e. The number of nitrogens with one attached hydrogen (secondary N) is 2. The Balaban J connectivity index is 2.09. The molecule has 0 bridgehead atoms. The van der Waals surface area contributed by atoms with Crippen molar-refractivity contribution in [3.8, 4) is 0 Å². The maximum atomic E-state index is 12.4. The van der Waals surface area contributed by atoms with Crippen LogP contribution in [-0.4, -0.2) is 47.9 Å². The van der Waals surface area contributed by atoms with E-state index in [0.29, 0.717) is 25.9 Å². The third-order valence-corrected chi connectivity index (χ3v) is 4.09. The molecule has 112 valence electrons. The zero-order valence-electron chi connectivity index (χ0n) is 11.8. The quantitative estimate of drug-likeness (QED) is 0.608. The minimum absolute atomic E-state index is 0.0117. The highest BCUT2D eigenvalue weighted by Crippen LogP contribution is 2.26. The number of nitrogens with two attached hydrogens (primary N) is 1. The normalized spacial score (nSPS) is 27.4. The van der Waals surface area contributed by atoms with Crippen molar-refractivity contribution in [2.24, 2.45) is 11.7 Å². The number of amides is 4. The van der Waals surface area contributed by atoms with Crippen LogP contribution in [0.25, 0.3) is 0 Å². The monoisotopic (exact) mass is 282 g/mol. The topological polar surface area (TPSA) is 105 Å². The first-order valence-corrected chi connectivity index (χ1v) is 7.15. The summed E-state index contributed by atoms with van der Waals surface area (Å²) in [5, 5.41) is 4.92. The van der Waals surface area contributed by atoms with E-state index >= 15 is 0 Å². The fraction of sp³-hybridized carbons (Fsp3) is 0.769. The van der Waals surface area contributed by atoms with Crippen molar-refractivity contribution in [2.75, 3.05) is 19.6 Å². The van der Waals surface area contributed by atoms with Gasteiger partial charge in [-0.3, -0.25) is 14.9 Å². The lowest BCUT2D eigenvalue weighted by molar-refractivity contribution is -0.139. The molecule has 2 heterocycles. The fourth-order valence-electron chi connectivity index (χ4n) is 3.01. The Bertz CT molecular complexity index is 426. The highest BCUT2D eigenvalue weighted by Gasteiger charge is 2.49. The molecule has 7 heteroatoms. The lowest BCUT2D eigenvalue weighted by Crippen LogP contribution is -2.60. The Labute approximate surface area is 118 Å². The Hall–Kier alpha value is -1.63. The lowest BCUT2D eigenvalue weighted by atomic mass is 9.88. The fourth-order valence-corrected chi connectivity index (χ4v) is 3.01. The summed E-state index contributed by atoms with van der Waals surface area (Å²) in [5.74, 6) is -0.544. The highest BCUT2D eigenvalue weighted by molar-refractivity contribution is 6.07. The molecular formula is C13H22N4O3. The van der Waals surface area contributed by atoms with Gasteiger partial charge in [-0.25, -0.2) is 4.79 Å². The number of likely N-dealkylation sites (tertiary alicyclic amines) is 1. The highest BCUT2D eigenvalue weighted by atomic mass is 16.2. The van der Waals surface area contributed by atoms with Gasteiger partial charge in [0.05, 0.1) is 12.5 Å². The van der Waals surface area contributed by atoms with Crippen LogP contribution in [0.1, 0.15) is 32.6 Å². The maximum absolute atomic E-state index is 12.4. The van der Waals surface area contributed by atoms with Crippen LogP contribution in [0.4, 0.5) is 4.79 Å². The Kier molecular flexibility index (Phi) is 4.27. The zero-order valence-corrected chi connectivity index (χ0v) is 11.8. The van der Waals surface area contributed by atoms with Crippen molar-refractivity contribution in [2.45, 2.75) is 38.1 Å². The van der Waals surface area contributed by atoms with Crippen molar-refractivity contribution < 1.29 is 14.4 Å². The average molecular weight is 282 g/mol. The van der Waals surface area contributed by atoms with Crippen LogP contribution in [-0.2, 0) is 9.59 Å². The van der Waals surface area contributed by atoms with Gasteiger partial charge in [-0.05, 0) is 19.3 Å². The van der Waals surface area contributed by atoms with Crippen molar-refractivity contribution in [3.63, 3.8) is 0 Å². The summed E-state index contributed by atoms with van der Waals surface area (Å²) < 4.78 is 0. The maximum Gasteiger partial charge on any atom is 0.322 e. The van der Waals surface area contributed by atoms with Gasteiger partial charge in [0.2, 0.25) is 5.91 Å². The van der Waals surface area contributed by atoms with E-state index in [4.69, 9.17) is 5.73 Å². The molecule has 1 spiro atoms. The average Bonchev–Trinajstić information content (AvgIpc) is 2.69. The standard InChI is InChI=1S/C13H22N4O3/c1-2-4-9(7-14)10(18)17-6-3-5-13(8-17)11(19)15-12(20)16-13/h9H,2-8,14H2,1H3,(H2,15,16,19,20). The molecule has 2 saturated heterocycles. The second kappa shape index (κ2) is 5.78. The molecule has 0 radical (unpaired) electrons. The van der Waals surface area contributed by atoms with Gasteiger partial charge in [0.1, 0.15) is 5.54 Å². The summed E-state index contributed by atoms with van der Waals surface area (Å²) >= 11 is 0. The van der Waals surface area contributed by atoms with E-state index in [1.54, 1.807) is 4.90 Å². The number of rotatable bonds is 4. The third kappa shape index (κ3) is 2.63. The van der Waals surface area contributed by atoms with E-state index in [1.807, 2.05) is 6.92 Å². The SMILES string of the molecule is CCCC(CN)C(=O)N1CCCC2(C1)NC(=O)NC2=O. The predicted molar refractivity (Wildman–Crippen MR) is 72.7 cm³/mol. The number of imide groups is 1. The van der Waals surface area contributed by atoms with Gasteiger partial charge in [0.25, 0.3) is 5.91 Å². The molecule has 2 unspecified atom stereocenters. The summed E-state index contributed by atoms with van der Waals surface area (Å²) in [4.78, 5) is 37.4. The molecule has 7 nitrogen and oxygen atoms in total. The summed E-state index contributed by atoms with van der Waals surface area (Å²) in [6.45, 7) is 3.18. The Morgan fingerprint density at radius 3 is 2.80 bits per heavy atom. The first kappa shape index (κ1) is 14.8. The summed E-state index contributed by atoms with van der Waals surface area (Å²) in [5.41, 5.74) is 4.72. The van der Waals surface area contributed by atoms with E-state index in [1.165, 1.54) is 0 Å². The van der Waals surface area contributed by atoms with Crippen LogP contribution in [0.3, 0.4) is 0 Å². The van der Waals surface area contributed by atoms with E-state index in [2.05, 4.69) is 10.6 Å². The van der Waals surface area contributed by atoms with Gasteiger partial charge in [0, 0.05) is 13.1 Å². The number of urea groups is 1. The number of piperidine rings is 1. The van der Waals surface area contributed by atoms with Gasteiger partial charge in [-0.15, -0.1) is 0 Å². The summed E-state index contributed by atoms with van der Waals surface area (Å²) in [7, 11) is 0. The second-order valence-corrected chi connectivity index (χ2v) is 5.58. The minimum atomic E-state index is -0.948. The molecule has 2 aliphatic rings. The molecule has 0 aliphatic carbocycles. The van der Waals surface area contributed by atoms with Gasteiger partial charge >= 0.3 is 6.03 Å². The van der Waals surface area contributed by atoms with Crippen LogP contribution in [0.5, 0.6) is 0 Å². The number of nitrogens with zero attached hydrogens (tertiary/aromatic N) is 1. The third-order valence-electron chi connectivity index (χ3n) is 4.09. The lowest BCUT2D eigenvalue weighted by Gasteiger charge is -2.39. The van der Waals surface area contributed by atoms with Gasteiger partial charge < -0.3 is 16.0 Å². The molecule has 2 fully saturated rings.